The highest BCUT2D eigenvalue weighted by atomic mass is 35.5. The Morgan fingerprint density at radius 2 is 1.52 bits per heavy atom. The first-order chi connectivity index (χ1) is 23.8. The molecule has 1 fully saturated rings. The van der Waals surface area contributed by atoms with Crippen LogP contribution in [0.15, 0.2) is 101 Å². The lowest BCUT2D eigenvalue weighted by atomic mass is 9.72. The van der Waals surface area contributed by atoms with Crippen molar-refractivity contribution >= 4 is 50.4 Å². The largest absolute Gasteiger partial charge is 0.489 e. The number of halogens is 3. The van der Waals surface area contributed by atoms with Crippen molar-refractivity contribution in [2.75, 3.05) is 37.6 Å². The lowest BCUT2D eigenvalue weighted by Crippen LogP contribution is -2.47. The van der Waals surface area contributed by atoms with E-state index in [1.54, 1.807) is 36.4 Å². The molecule has 4 aromatic rings. The molecule has 1 aliphatic carbocycles. The Bertz CT molecular complexity index is 1980. The van der Waals surface area contributed by atoms with Crippen LogP contribution in [0.2, 0.25) is 10.0 Å². The van der Waals surface area contributed by atoms with Gasteiger partial charge in [0, 0.05) is 59.6 Å². The predicted molar refractivity (Wildman–Crippen MR) is 198 cm³/mol. The van der Waals surface area contributed by atoms with Gasteiger partial charge in [-0.1, -0.05) is 54.8 Å². The van der Waals surface area contributed by atoms with Gasteiger partial charge in [-0.25, -0.2) is 17.5 Å². The van der Waals surface area contributed by atoms with Crippen LogP contribution in [-0.4, -0.2) is 51.9 Å². The van der Waals surface area contributed by atoms with Gasteiger partial charge in [0.15, 0.2) is 0 Å². The van der Waals surface area contributed by atoms with Gasteiger partial charge in [0.2, 0.25) is 0 Å². The van der Waals surface area contributed by atoms with E-state index < -0.39 is 21.7 Å². The minimum atomic E-state index is -4.18. The molecule has 6 rings (SSSR count). The number of sulfonamides is 1. The van der Waals surface area contributed by atoms with Gasteiger partial charge in [-0.3, -0.25) is 9.69 Å². The summed E-state index contributed by atoms with van der Waals surface area (Å²) in [5.74, 6) is -0.969. The monoisotopic (exact) mass is 735 g/mol. The van der Waals surface area contributed by atoms with Crippen molar-refractivity contribution in [2.24, 2.45) is 5.41 Å². The topological polar surface area (TPSA) is 79.0 Å². The zero-order valence-electron chi connectivity index (χ0n) is 28.1. The van der Waals surface area contributed by atoms with Crippen LogP contribution in [0.4, 0.5) is 10.1 Å². The number of allylic oxidation sites excluding steroid dienone is 1. The molecule has 11 heteroatoms. The molecule has 50 heavy (non-hydrogen) atoms. The SMILES string of the molecule is CC1(C)CCC(CN2CCN(c3ccc(S(=O)(=O)NC(=O)c4ccc(F)c(COc5ccc(Cl)cc5)c4)cc3)CC2)=C(c2ccc(Cl)cc2)C1. The zero-order chi connectivity index (χ0) is 35.5. The van der Waals surface area contributed by atoms with Crippen molar-refractivity contribution in [2.45, 2.75) is 44.6 Å². The fraction of sp³-hybridized carbons (Fsp3) is 0.308. The van der Waals surface area contributed by atoms with E-state index in [4.69, 9.17) is 27.9 Å². The van der Waals surface area contributed by atoms with Crippen LogP contribution in [-0.2, 0) is 16.6 Å². The lowest BCUT2D eigenvalue weighted by molar-refractivity contribution is 0.0981. The number of nitrogens with one attached hydrogen (secondary N) is 1. The Hall–Kier alpha value is -3.89. The summed E-state index contributed by atoms with van der Waals surface area (Å²) in [5.41, 5.74) is 5.47. The summed E-state index contributed by atoms with van der Waals surface area (Å²) in [6, 6.07) is 24.9. The number of hydrogen-bond acceptors (Lipinski definition) is 6. The smallest absolute Gasteiger partial charge is 0.265 e. The molecule has 0 saturated carbocycles. The van der Waals surface area contributed by atoms with E-state index in [0.717, 1.165) is 62.3 Å². The van der Waals surface area contributed by atoms with Gasteiger partial charge < -0.3 is 9.64 Å². The molecule has 0 aromatic heterocycles. The number of anilines is 1. The Morgan fingerprint density at radius 3 is 2.18 bits per heavy atom. The molecule has 2 aliphatic rings. The standard InChI is InChI=1S/C39H40Cl2FN3O4S/c1-39(2)18-17-29(36(24-39)27-3-6-31(40)7-4-27)25-44-19-21-45(22-20-44)33-10-14-35(15-11-33)50(47,48)43-38(46)28-5-16-37(42)30(23-28)26-49-34-12-8-32(41)9-13-34/h3-16,23H,17-22,24-26H2,1-2H3,(H,43,46). The lowest BCUT2D eigenvalue weighted by Gasteiger charge is -2.39. The van der Waals surface area contributed by atoms with Gasteiger partial charge in [0.25, 0.3) is 15.9 Å². The van der Waals surface area contributed by atoms with Crippen molar-refractivity contribution in [1.82, 2.24) is 9.62 Å². The average Bonchev–Trinajstić information content (AvgIpc) is 3.10. The van der Waals surface area contributed by atoms with Crippen LogP contribution in [0.1, 0.15) is 54.6 Å². The Kier molecular flexibility index (Phi) is 10.9. The molecule has 1 N–H and O–H groups in total. The number of hydrogen-bond donors (Lipinski definition) is 1. The van der Waals surface area contributed by atoms with Crippen LogP contribution >= 0.6 is 23.2 Å². The summed E-state index contributed by atoms with van der Waals surface area (Å²) >= 11 is 12.1. The van der Waals surface area contributed by atoms with Crippen molar-refractivity contribution in [3.05, 3.63) is 129 Å². The summed E-state index contributed by atoms with van der Waals surface area (Å²) in [5, 5.41) is 1.28. The quantitative estimate of drug-likeness (QED) is 0.176. The third kappa shape index (κ3) is 8.87. The second kappa shape index (κ2) is 15.2. The van der Waals surface area contributed by atoms with Crippen LogP contribution < -0.4 is 14.4 Å². The normalized spacial score (nSPS) is 16.7. The van der Waals surface area contributed by atoms with E-state index in [0.29, 0.717) is 10.8 Å². The molecule has 0 spiro atoms. The molecule has 1 aliphatic heterocycles. The number of amides is 1. The van der Waals surface area contributed by atoms with Crippen molar-refractivity contribution in [1.29, 1.82) is 0 Å². The maximum atomic E-state index is 14.5. The highest BCUT2D eigenvalue weighted by Crippen LogP contribution is 2.43. The molecular formula is C39H40Cl2FN3O4S. The average molecular weight is 737 g/mol. The Morgan fingerprint density at radius 1 is 0.880 bits per heavy atom. The molecule has 0 atom stereocenters. The summed E-state index contributed by atoms with van der Waals surface area (Å²) in [6.07, 6.45) is 3.30. The third-order valence-electron chi connectivity index (χ3n) is 9.42. The van der Waals surface area contributed by atoms with Gasteiger partial charge in [-0.15, -0.1) is 0 Å². The second-order valence-corrected chi connectivity index (χ2v) is 16.2. The van der Waals surface area contributed by atoms with E-state index in [-0.39, 0.29) is 28.0 Å². The summed E-state index contributed by atoms with van der Waals surface area (Å²) in [7, 11) is -4.18. The van der Waals surface area contributed by atoms with Gasteiger partial charge in [-0.2, -0.15) is 0 Å². The minimum absolute atomic E-state index is 0.00726. The molecule has 1 amide bonds. The van der Waals surface area contributed by atoms with Crippen molar-refractivity contribution < 1.29 is 22.3 Å². The third-order valence-corrected chi connectivity index (χ3v) is 11.3. The highest BCUT2D eigenvalue weighted by molar-refractivity contribution is 7.90. The van der Waals surface area contributed by atoms with Gasteiger partial charge >= 0.3 is 0 Å². The first-order valence-corrected chi connectivity index (χ1v) is 18.9. The van der Waals surface area contributed by atoms with E-state index in [1.807, 2.05) is 12.1 Å². The van der Waals surface area contributed by atoms with Crippen LogP contribution in [0.3, 0.4) is 0 Å². The fourth-order valence-electron chi connectivity index (χ4n) is 6.49. The number of piperazine rings is 1. The Balaban J connectivity index is 1.05. The molecule has 0 radical (unpaired) electrons. The fourth-order valence-corrected chi connectivity index (χ4v) is 7.72. The van der Waals surface area contributed by atoms with Gasteiger partial charge in [-0.05, 0) is 115 Å². The van der Waals surface area contributed by atoms with E-state index >= 15 is 0 Å². The van der Waals surface area contributed by atoms with E-state index in [9.17, 15) is 17.6 Å². The number of ether oxygens (including phenoxy) is 1. The number of rotatable bonds is 10. The maximum Gasteiger partial charge on any atom is 0.265 e. The summed E-state index contributed by atoms with van der Waals surface area (Å²) in [4.78, 5) is 17.7. The number of carbonyl (C=O) groups excluding carboxylic acids is 1. The van der Waals surface area contributed by atoms with Crippen molar-refractivity contribution in [3.63, 3.8) is 0 Å². The van der Waals surface area contributed by atoms with Gasteiger partial charge in [0.1, 0.15) is 18.2 Å². The molecular weight excluding hydrogens is 696 g/mol. The maximum absolute atomic E-state index is 14.5. The second-order valence-electron chi connectivity index (χ2n) is 13.7. The van der Waals surface area contributed by atoms with Crippen LogP contribution in [0.5, 0.6) is 5.75 Å². The first-order valence-electron chi connectivity index (χ1n) is 16.6. The van der Waals surface area contributed by atoms with Crippen LogP contribution in [0, 0.1) is 11.2 Å². The Labute approximate surface area is 303 Å². The molecule has 0 bridgehead atoms. The number of carbonyl (C=O) groups is 1. The molecule has 1 saturated heterocycles. The first kappa shape index (κ1) is 35.9. The predicted octanol–water partition coefficient (Wildman–Crippen LogP) is 8.62. The minimum Gasteiger partial charge on any atom is -0.489 e. The highest BCUT2D eigenvalue weighted by Gasteiger charge is 2.29. The van der Waals surface area contributed by atoms with Gasteiger partial charge in [0.05, 0.1) is 4.90 Å². The molecule has 7 nitrogen and oxygen atoms in total. The summed E-state index contributed by atoms with van der Waals surface area (Å²) in [6.45, 7) is 8.86. The van der Waals surface area contributed by atoms with Crippen LogP contribution in [0.25, 0.3) is 5.57 Å². The number of nitrogens with zero attached hydrogens (tertiary/aromatic N) is 2. The molecule has 0 unspecified atom stereocenters. The number of benzene rings is 4. The molecule has 4 aromatic carbocycles. The van der Waals surface area contributed by atoms with E-state index in [1.165, 1.54) is 47.4 Å². The zero-order valence-corrected chi connectivity index (χ0v) is 30.4. The van der Waals surface area contributed by atoms with Crippen molar-refractivity contribution in [3.8, 4) is 5.75 Å². The van der Waals surface area contributed by atoms with E-state index in [2.05, 4.69) is 40.5 Å². The molecule has 1 heterocycles. The molecule has 262 valence electrons. The summed E-state index contributed by atoms with van der Waals surface area (Å²) < 4.78 is 48.5.